The van der Waals surface area contributed by atoms with Gasteiger partial charge in [-0.3, -0.25) is 14.5 Å². The summed E-state index contributed by atoms with van der Waals surface area (Å²) in [6.45, 7) is 0. The molecule has 0 unspecified atom stereocenters. The average molecular weight is 267 g/mol. The molecule has 0 spiro atoms. The van der Waals surface area contributed by atoms with Crippen molar-refractivity contribution in [1.82, 2.24) is 14.8 Å². The molecule has 0 bridgehead atoms. The summed E-state index contributed by atoms with van der Waals surface area (Å²) in [6, 6.07) is 9.39. The van der Waals surface area contributed by atoms with Crippen LogP contribution in [0.5, 0.6) is 0 Å². The van der Waals surface area contributed by atoms with E-state index >= 15 is 0 Å². The van der Waals surface area contributed by atoms with E-state index in [1.807, 2.05) is 24.3 Å². The van der Waals surface area contributed by atoms with Crippen molar-refractivity contribution < 1.29 is 4.79 Å². The smallest absolute Gasteiger partial charge is 0.278 e. The molecule has 2 heterocycles. The van der Waals surface area contributed by atoms with E-state index in [4.69, 9.17) is 5.73 Å². The standard InChI is InChI=1S/C14H13N5O/c1-19-8-10(15)13(18-19)14(20)17-11-6-2-4-9-5-3-7-16-12(9)11/h2-8H,15H2,1H3,(H,17,20). The Morgan fingerprint density at radius 3 is 2.85 bits per heavy atom. The Labute approximate surface area is 115 Å². The minimum Gasteiger partial charge on any atom is -0.396 e. The molecule has 3 rings (SSSR count). The maximum absolute atomic E-state index is 12.2. The summed E-state index contributed by atoms with van der Waals surface area (Å²) < 4.78 is 1.51. The molecule has 1 aromatic carbocycles. The minimum atomic E-state index is -0.346. The zero-order valence-corrected chi connectivity index (χ0v) is 10.9. The fourth-order valence-electron chi connectivity index (χ4n) is 2.07. The number of anilines is 2. The summed E-state index contributed by atoms with van der Waals surface area (Å²) in [5.41, 5.74) is 7.67. The summed E-state index contributed by atoms with van der Waals surface area (Å²) in [5.74, 6) is -0.346. The van der Waals surface area contributed by atoms with E-state index in [1.54, 1.807) is 25.5 Å². The lowest BCUT2D eigenvalue weighted by Gasteiger charge is -2.06. The highest BCUT2D eigenvalue weighted by molar-refractivity contribution is 6.09. The molecular weight excluding hydrogens is 254 g/mol. The van der Waals surface area contributed by atoms with Crippen LogP contribution in [0.1, 0.15) is 10.5 Å². The first-order valence-electron chi connectivity index (χ1n) is 6.09. The summed E-state index contributed by atoms with van der Waals surface area (Å²) in [5, 5.41) is 7.80. The largest absolute Gasteiger partial charge is 0.396 e. The van der Waals surface area contributed by atoms with Crippen LogP contribution in [0.25, 0.3) is 10.9 Å². The number of para-hydroxylation sites is 1. The molecule has 0 saturated carbocycles. The van der Waals surface area contributed by atoms with Crippen LogP contribution in [0.2, 0.25) is 0 Å². The molecule has 0 fully saturated rings. The highest BCUT2D eigenvalue weighted by Gasteiger charge is 2.15. The zero-order chi connectivity index (χ0) is 14.1. The third-order valence-electron chi connectivity index (χ3n) is 2.95. The van der Waals surface area contributed by atoms with Crippen LogP contribution in [0.15, 0.2) is 42.7 Å². The second-order valence-corrected chi connectivity index (χ2v) is 4.44. The summed E-state index contributed by atoms with van der Waals surface area (Å²) in [7, 11) is 1.71. The number of hydrogen-bond donors (Lipinski definition) is 2. The van der Waals surface area contributed by atoms with Gasteiger partial charge in [-0.25, -0.2) is 0 Å². The second-order valence-electron chi connectivity index (χ2n) is 4.44. The lowest BCUT2D eigenvalue weighted by atomic mass is 10.2. The molecule has 3 N–H and O–H groups in total. The van der Waals surface area contributed by atoms with Crippen molar-refractivity contribution in [3.05, 3.63) is 48.4 Å². The maximum Gasteiger partial charge on any atom is 0.278 e. The van der Waals surface area contributed by atoms with E-state index in [0.29, 0.717) is 11.4 Å². The predicted octanol–water partition coefficient (Wildman–Crippen LogP) is 1.80. The molecule has 0 aliphatic heterocycles. The third-order valence-corrected chi connectivity index (χ3v) is 2.95. The van der Waals surface area contributed by atoms with Gasteiger partial charge in [0.25, 0.3) is 5.91 Å². The molecule has 20 heavy (non-hydrogen) atoms. The Morgan fingerprint density at radius 2 is 2.10 bits per heavy atom. The van der Waals surface area contributed by atoms with E-state index in [-0.39, 0.29) is 11.6 Å². The Kier molecular flexibility index (Phi) is 2.83. The number of amides is 1. The molecule has 6 nitrogen and oxygen atoms in total. The van der Waals surface area contributed by atoms with E-state index in [2.05, 4.69) is 15.4 Å². The number of nitrogens with one attached hydrogen (secondary N) is 1. The van der Waals surface area contributed by atoms with Crippen LogP contribution in [0, 0.1) is 0 Å². The Hall–Kier alpha value is -2.89. The highest BCUT2D eigenvalue weighted by atomic mass is 16.2. The van der Waals surface area contributed by atoms with Crippen LogP contribution in [-0.2, 0) is 7.05 Å². The molecule has 1 amide bonds. The van der Waals surface area contributed by atoms with Crippen molar-refractivity contribution in [2.75, 3.05) is 11.1 Å². The van der Waals surface area contributed by atoms with E-state index < -0.39 is 0 Å². The van der Waals surface area contributed by atoms with Crippen molar-refractivity contribution in [3.8, 4) is 0 Å². The number of nitrogens with two attached hydrogens (primary N) is 1. The summed E-state index contributed by atoms with van der Waals surface area (Å²) >= 11 is 0. The van der Waals surface area contributed by atoms with Gasteiger partial charge < -0.3 is 11.1 Å². The van der Waals surface area contributed by atoms with Gasteiger partial charge in [0.2, 0.25) is 0 Å². The number of hydrogen-bond acceptors (Lipinski definition) is 4. The number of carbonyl (C=O) groups is 1. The molecular formula is C14H13N5O. The second kappa shape index (κ2) is 4.65. The van der Waals surface area contributed by atoms with E-state index in [0.717, 1.165) is 10.9 Å². The number of fused-ring (bicyclic) bond motifs is 1. The van der Waals surface area contributed by atoms with Crippen LogP contribution in [0.4, 0.5) is 11.4 Å². The molecule has 0 saturated heterocycles. The minimum absolute atomic E-state index is 0.209. The van der Waals surface area contributed by atoms with Crippen molar-refractivity contribution in [2.45, 2.75) is 0 Å². The van der Waals surface area contributed by atoms with Crippen molar-refractivity contribution >= 4 is 28.2 Å². The number of nitrogen functional groups attached to an aromatic ring is 1. The van der Waals surface area contributed by atoms with E-state index in [9.17, 15) is 4.79 Å². The topological polar surface area (TPSA) is 85.8 Å². The molecule has 2 aromatic heterocycles. The highest BCUT2D eigenvalue weighted by Crippen LogP contribution is 2.21. The fourth-order valence-corrected chi connectivity index (χ4v) is 2.07. The zero-order valence-electron chi connectivity index (χ0n) is 10.9. The average Bonchev–Trinajstić information content (AvgIpc) is 2.78. The molecule has 0 radical (unpaired) electrons. The first kappa shape index (κ1) is 12.2. The Morgan fingerprint density at radius 1 is 1.30 bits per heavy atom. The van der Waals surface area contributed by atoms with Gasteiger partial charge in [-0.15, -0.1) is 0 Å². The molecule has 6 heteroatoms. The molecule has 0 aliphatic rings. The third kappa shape index (κ3) is 2.07. The monoisotopic (exact) mass is 267 g/mol. The van der Waals surface area contributed by atoms with Crippen molar-refractivity contribution in [2.24, 2.45) is 7.05 Å². The van der Waals surface area contributed by atoms with Gasteiger partial charge in [0.15, 0.2) is 5.69 Å². The normalized spacial score (nSPS) is 10.7. The number of aromatic nitrogens is 3. The molecule has 0 aliphatic carbocycles. The Bertz CT molecular complexity index is 788. The number of nitrogens with zero attached hydrogens (tertiary/aromatic N) is 3. The van der Waals surface area contributed by atoms with Gasteiger partial charge in [0, 0.05) is 24.8 Å². The lowest BCUT2D eigenvalue weighted by Crippen LogP contribution is -2.15. The number of carbonyl (C=O) groups excluding carboxylic acids is 1. The number of pyridine rings is 1. The molecule has 3 aromatic rings. The lowest BCUT2D eigenvalue weighted by molar-refractivity contribution is 0.102. The van der Waals surface area contributed by atoms with Crippen LogP contribution >= 0.6 is 0 Å². The first-order chi connectivity index (χ1) is 9.65. The quantitative estimate of drug-likeness (QED) is 0.741. The predicted molar refractivity (Wildman–Crippen MR) is 77.3 cm³/mol. The van der Waals surface area contributed by atoms with Crippen molar-refractivity contribution in [1.29, 1.82) is 0 Å². The summed E-state index contributed by atoms with van der Waals surface area (Å²) in [6.07, 6.45) is 3.28. The van der Waals surface area contributed by atoms with Gasteiger partial charge in [-0.2, -0.15) is 5.10 Å². The maximum atomic E-state index is 12.2. The number of benzene rings is 1. The number of aryl methyl sites for hydroxylation is 1. The first-order valence-corrected chi connectivity index (χ1v) is 6.09. The van der Waals surface area contributed by atoms with Crippen molar-refractivity contribution in [3.63, 3.8) is 0 Å². The van der Waals surface area contributed by atoms with Gasteiger partial charge >= 0.3 is 0 Å². The van der Waals surface area contributed by atoms with Crippen LogP contribution in [0.3, 0.4) is 0 Å². The van der Waals surface area contributed by atoms with Crippen LogP contribution in [-0.4, -0.2) is 20.7 Å². The molecule has 0 atom stereocenters. The van der Waals surface area contributed by atoms with Gasteiger partial charge in [-0.1, -0.05) is 18.2 Å². The number of rotatable bonds is 2. The van der Waals surface area contributed by atoms with Gasteiger partial charge in [0.1, 0.15) is 0 Å². The van der Waals surface area contributed by atoms with Crippen LogP contribution < -0.4 is 11.1 Å². The Balaban J connectivity index is 1.97. The molecule has 100 valence electrons. The van der Waals surface area contributed by atoms with Gasteiger partial charge in [-0.05, 0) is 12.1 Å². The SMILES string of the molecule is Cn1cc(N)c(C(=O)Nc2cccc3cccnc23)n1. The van der Waals surface area contributed by atoms with E-state index in [1.165, 1.54) is 4.68 Å². The summed E-state index contributed by atoms with van der Waals surface area (Å²) in [4.78, 5) is 16.5. The van der Waals surface area contributed by atoms with Gasteiger partial charge in [0.05, 0.1) is 16.9 Å². The fraction of sp³-hybridized carbons (Fsp3) is 0.0714.